The molecule has 0 unspecified atom stereocenters. The van der Waals surface area contributed by atoms with Crippen LogP contribution in [-0.4, -0.2) is 42.6 Å². The van der Waals surface area contributed by atoms with Gasteiger partial charge in [-0.3, -0.25) is 4.31 Å². The van der Waals surface area contributed by atoms with Crippen LogP contribution in [0.4, 0.5) is 5.69 Å². The minimum Gasteiger partial charge on any atom is -0.478 e. The van der Waals surface area contributed by atoms with Crippen molar-refractivity contribution in [3.05, 3.63) is 34.4 Å². The molecule has 0 spiro atoms. The molecule has 3 rings (SSSR count). The molecule has 8 nitrogen and oxygen atoms in total. The highest BCUT2D eigenvalue weighted by Gasteiger charge is 2.34. The fourth-order valence-electron chi connectivity index (χ4n) is 2.42. The Morgan fingerprint density at radius 3 is 2.45 bits per heavy atom. The van der Waals surface area contributed by atoms with E-state index in [9.17, 15) is 18.0 Å². The Bertz CT molecular complexity index is 970. The normalized spacial score (nSPS) is 16.2. The summed E-state index contributed by atoms with van der Waals surface area (Å²) < 4.78 is 25.5. The van der Waals surface area contributed by atoms with Gasteiger partial charge >= 0.3 is 11.9 Å². The van der Waals surface area contributed by atoms with Crippen molar-refractivity contribution in [2.45, 2.75) is 0 Å². The van der Waals surface area contributed by atoms with Crippen molar-refractivity contribution in [1.29, 1.82) is 0 Å². The summed E-state index contributed by atoms with van der Waals surface area (Å²) >= 11 is 0. The largest absolute Gasteiger partial charge is 0.478 e. The van der Waals surface area contributed by atoms with E-state index < -0.39 is 26.9 Å². The van der Waals surface area contributed by atoms with E-state index in [-0.39, 0.29) is 11.3 Å². The molecular formula is C13H10N2O6S. The van der Waals surface area contributed by atoms with Gasteiger partial charge in [-0.2, -0.15) is 0 Å². The van der Waals surface area contributed by atoms with E-state index >= 15 is 0 Å². The van der Waals surface area contributed by atoms with Gasteiger partial charge in [0.05, 0.1) is 11.3 Å². The van der Waals surface area contributed by atoms with Crippen LogP contribution >= 0.6 is 0 Å². The van der Waals surface area contributed by atoms with E-state index in [4.69, 9.17) is 10.2 Å². The highest BCUT2D eigenvalue weighted by molar-refractivity contribution is 7.97. The second kappa shape index (κ2) is 4.34. The zero-order valence-electron chi connectivity index (χ0n) is 11.2. The molecule has 3 N–H and O–H groups in total. The molecule has 9 heteroatoms. The molecule has 0 atom stereocenters. The Morgan fingerprint density at radius 2 is 1.86 bits per heavy atom. The van der Waals surface area contributed by atoms with E-state index in [1.165, 1.54) is 25.4 Å². The lowest BCUT2D eigenvalue weighted by molar-refractivity contribution is -0.131. The van der Waals surface area contributed by atoms with Crippen LogP contribution in [0.2, 0.25) is 0 Å². The van der Waals surface area contributed by atoms with Crippen LogP contribution in [0.25, 0.3) is 17.0 Å². The third kappa shape index (κ3) is 1.79. The van der Waals surface area contributed by atoms with Crippen molar-refractivity contribution < 1.29 is 28.2 Å². The van der Waals surface area contributed by atoms with Crippen LogP contribution in [0.5, 0.6) is 0 Å². The fraction of sp³-hybridized carbons (Fsp3) is 0.0769. The van der Waals surface area contributed by atoms with E-state index in [0.29, 0.717) is 16.5 Å². The maximum absolute atomic E-state index is 12.4. The zero-order valence-corrected chi connectivity index (χ0v) is 12.0. The summed E-state index contributed by atoms with van der Waals surface area (Å²) in [5.41, 5.74) is 0.789. The van der Waals surface area contributed by atoms with Crippen molar-refractivity contribution in [2.24, 2.45) is 0 Å². The van der Waals surface area contributed by atoms with E-state index in [2.05, 4.69) is 4.98 Å². The summed E-state index contributed by atoms with van der Waals surface area (Å²) in [7, 11) is -3.09. The molecule has 2 aromatic rings. The molecule has 0 saturated carbocycles. The van der Waals surface area contributed by atoms with Crippen molar-refractivity contribution in [2.75, 3.05) is 11.4 Å². The lowest BCUT2D eigenvalue weighted by Crippen LogP contribution is -2.30. The van der Waals surface area contributed by atoms with Crippen LogP contribution in [-0.2, 0) is 14.8 Å². The second-order valence-corrected chi connectivity index (χ2v) is 6.69. The van der Waals surface area contributed by atoms with E-state index in [0.717, 1.165) is 10.4 Å². The highest BCUT2D eigenvalue weighted by Crippen LogP contribution is 2.37. The molecular weight excluding hydrogens is 312 g/mol. The summed E-state index contributed by atoms with van der Waals surface area (Å²) in [6.07, 6.45) is 2.50. The van der Waals surface area contributed by atoms with Crippen LogP contribution in [0.15, 0.2) is 23.2 Å². The van der Waals surface area contributed by atoms with Gasteiger partial charge in [-0.25, -0.2) is 18.0 Å². The maximum Gasteiger partial charge on any atom is 0.349 e. The summed E-state index contributed by atoms with van der Waals surface area (Å²) in [5.74, 6) is -2.79. The minimum atomic E-state index is -4.28. The van der Waals surface area contributed by atoms with Gasteiger partial charge in [-0.1, -0.05) is 0 Å². The lowest BCUT2D eigenvalue weighted by Gasteiger charge is -2.19. The second-order valence-electron chi connectivity index (χ2n) is 4.75. The zero-order chi connectivity index (χ0) is 16.2. The van der Waals surface area contributed by atoms with Crippen molar-refractivity contribution in [3.63, 3.8) is 0 Å². The molecule has 0 amide bonds. The summed E-state index contributed by atoms with van der Waals surface area (Å²) in [5, 5.41) is 18.7. The molecule has 0 fully saturated rings. The molecule has 0 bridgehead atoms. The summed E-state index contributed by atoms with van der Waals surface area (Å²) in [6, 6.07) is 2.57. The average Bonchev–Trinajstić information content (AvgIpc) is 2.81. The molecule has 0 saturated heterocycles. The quantitative estimate of drug-likeness (QED) is 0.759. The van der Waals surface area contributed by atoms with Crippen molar-refractivity contribution in [3.8, 4) is 0 Å². The first kappa shape index (κ1) is 14.1. The first-order valence-corrected chi connectivity index (χ1v) is 7.50. The van der Waals surface area contributed by atoms with Crippen LogP contribution in [0, 0.1) is 0 Å². The number of H-pyrrole nitrogens is 1. The Hall–Kier alpha value is -2.81. The number of aromatic nitrogens is 1. The number of hydrogen-bond acceptors (Lipinski definition) is 4. The molecule has 0 radical (unpaired) electrons. The molecule has 0 aliphatic carbocycles. The van der Waals surface area contributed by atoms with Crippen molar-refractivity contribution in [1.82, 2.24) is 4.98 Å². The number of rotatable bonds is 2. The van der Waals surface area contributed by atoms with Gasteiger partial charge in [0.2, 0.25) is 0 Å². The summed E-state index contributed by atoms with van der Waals surface area (Å²) in [6.45, 7) is 0. The number of aromatic carboxylic acids is 1. The minimum absolute atomic E-state index is 0.100. The van der Waals surface area contributed by atoms with Gasteiger partial charge in [-0.05, 0) is 18.2 Å². The van der Waals surface area contributed by atoms with Gasteiger partial charge in [-0.15, -0.1) is 0 Å². The van der Waals surface area contributed by atoms with Gasteiger partial charge in [0, 0.05) is 29.7 Å². The Labute approximate surface area is 124 Å². The number of nitrogens with one attached hydrogen (secondary N) is 1. The summed E-state index contributed by atoms with van der Waals surface area (Å²) in [4.78, 5) is 24.5. The number of carboxylic acid groups (broad SMARTS) is 2. The number of aliphatic carboxylic acids is 1. The standard InChI is InChI=1S/C13H10N2O6S/c1-15-9-3-6(12(16)17)2-8-11(9)7(5-14-8)4-10(13(18)19)22(15,20)21/h2-5,14H,1H3,(H,16,17)(H,18,19). The van der Waals surface area contributed by atoms with Gasteiger partial charge < -0.3 is 15.2 Å². The molecule has 1 aliphatic rings. The Balaban J connectivity index is 2.45. The Kier molecular flexibility index (Phi) is 2.79. The lowest BCUT2D eigenvalue weighted by atomic mass is 10.1. The van der Waals surface area contributed by atoms with Crippen LogP contribution in [0.3, 0.4) is 0 Å². The van der Waals surface area contributed by atoms with Gasteiger partial charge in [0.15, 0.2) is 4.91 Å². The smallest absolute Gasteiger partial charge is 0.349 e. The topological polar surface area (TPSA) is 128 Å². The third-order valence-corrected chi connectivity index (χ3v) is 5.28. The van der Waals surface area contributed by atoms with E-state index in [1.54, 1.807) is 0 Å². The maximum atomic E-state index is 12.4. The monoisotopic (exact) mass is 322 g/mol. The SMILES string of the molecule is CN1c2cc(C(=O)O)cc3[nH]cc(c23)C=C(C(=O)O)S1(=O)=O. The average molecular weight is 322 g/mol. The first-order valence-electron chi connectivity index (χ1n) is 6.06. The number of anilines is 1. The molecule has 22 heavy (non-hydrogen) atoms. The number of aromatic amines is 1. The number of carboxylic acids is 2. The first-order chi connectivity index (χ1) is 10.2. The number of nitrogens with zero attached hydrogens (tertiary/aromatic N) is 1. The van der Waals surface area contributed by atoms with Gasteiger partial charge in [0.25, 0.3) is 10.0 Å². The fourth-order valence-corrected chi connectivity index (χ4v) is 3.62. The molecule has 1 aromatic heterocycles. The molecule has 1 aromatic carbocycles. The number of hydrogen-bond donors (Lipinski definition) is 3. The predicted molar refractivity (Wildman–Crippen MR) is 78.2 cm³/mol. The van der Waals surface area contributed by atoms with Crippen LogP contribution in [0.1, 0.15) is 15.9 Å². The molecule has 2 heterocycles. The van der Waals surface area contributed by atoms with Gasteiger partial charge in [0.1, 0.15) is 0 Å². The number of sulfonamides is 1. The van der Waals surface area contributed by atoms with Crippen molar-refractivity contribution >= 4 is 44.6 Å². The molecule has 114 valence electrons. The molecule has 1 aliphatic heterocycles. The number of carbonyl (C=O) groups is 2. The third-order valence-electron chi connectivity index (χ3n) is 3.51. The highest BCUT2D eigenvalue weighted by atomic mass is 32.2. The predicted octanol–water partition coefficient (Wildman–Crippen LogP) is 1.07. The number of benzene rings is 1. The van der Waals surface area contributed by atoms with Crippen LogP contribution < -0.4 is 4.31 Å². The Morgan fingerprint density at radius 1 is 1.18 bits per heavy atom. The van der Waals surface area contributed by atoms with E-state index in [1.807, 2.05) is 0 Å².